The average molecular weight is 403 g/mol. The van der Waals surface area contributed by atoms with Crippen molar-refractivity contribution < 1.29 is 14.5 Å². The molecule has 2 aromatic rings. The summed E-state index contributed by atoms with van der Waals surface area (Å²) in [6, 6.07) is 9.07. The van der Waals surface area contributed by atoms with E-state index >= 15 is 0 Å². The average Bonchev–Trinajstić information content (AvgIpc) is 3.17. The molecule has 9 heteroatoms. The molecule has 2 N–H and O–H groups in total. The standard InChI is InChI=1S/C19H19ClN4O4/c1-12(25)21-15-6-5-14(20)11-16(15)22-19(26)13-4-7-17(18(10-13)24(27)28)23-8-2-3-9-23/h4-7,10-11H,2-3,8-9H2,1H3,(H,21,25)(H,22,26). The number of hydrogen-bond donors (Lipinski definition) is 2. The van der Waals surface area contributed by atoms with Crippen molar-refractivity contribution in [3.8, 4) is 0 Å². The first-order chi connectivity index (χ1) is 13.3. The van der Waals surface area contributed by atoms with Crippen LogP contribution in [0.5, 0.6) is 0 Å². The van der Waals surface area contributed by atoms with E-state index in [4.69, 9.17) is 11.6 Å². The van der Waals surface area contributed by atoms with E-state index in [0.29, 0.717) is 22.1 Å². The van der Waals surface area contributed by atoms with Gasteiger partial charge in [0.05, 0.1) is 16.3 Å². The number of rotatable bonds is 5. The molecule has 0 aliphatic carbocycles. The van der Waals surface area contributed by atoms with Crippen LogP contribution < -0.4 is 15.5 Å². The van der Waals surface area contributed by atoms with Crippen LogP contribution in [0.2, 0.25) is 5.02 Å². The molecule has 0 bridgehead atoms. The molecule has 1 fully saturated rings. The maximum absolute atomic E-state index is 12.7. The fourth-order valence-electron chi connectivity index (χ4n) is 3.15. The Morgan fingerprint density at radius 1 is 1.07 bits per heavy atom. The topological polar surface area (TPSA) is 105 Å². The first-order valence-electron chi connectivity index (χ1n) is 8.77. The van der Waals surface area contributed by atoms with Crippen LogP contribution in [-0.2, 0) is 4.79 Å². The molecule has 0 saturated carbocycles. The molecule has 0 aromatic heterocycles. The zero-order valence-electron chi connectivity index (χ0n) is 15.2. The fourth-order valence-corrected chi connectivity index (χ4v) is 3.32. The Balaban J connectivity index is 1.89. The third-order valence-electron chi connectivity index (χ3n) is 4.42. The molecule has 0 atom stereocenters. The lowest BCUT2D eigenvalue weighted by atomic mass is 10.1. The minimum absolute atomic E-state index is 0.109. The maximum atomic E-state index is 12.7. The van der Waals surface area contributed by atoms with Crippen LogP contribution in [0.3, 0.4) is 0 Å². The number of nitrogens with one attached hydrogen (secondary N) is 2. The molecule has 146 valence electrons. The summed E-state index contributed by atoms with van der Waals surface area (Å²) >= 11 is 5.98. The number of benzene rings is 2. The van der Waals surface area contributed by atoms with Gasteiger partial charge in [0.1, 0.15) is 5.69 Å². The second-order valence-corrected chi connectivity index (χ2v) is 6.92. The van der Waals surface area contributed by atoms with Gasteiger partial charge in [-0.3, -0.25) is 19.7 Å². The van der Waals surface area contributed by atoms with Gasteiger partial charge < -0.3 is 15.5 Å². The monoisotopic (exact) mass is 402 g/mol. The highest BCUT2D eigenvalue weighted by Crippen LogP contribution is 2.32. The van der Waals surface area contributed by atoms with E-state index in [-0.39, 0.29) is 17.2 Å². The number of amides is 2. The second-order valence-electron chi connectivity index (χ2n) is 6.48. The summed E-state index contributed by atoms with van der Waals surface area (Å²) in [5.74, 6) is -0.839. The first kappa shape index (κ1) is 19.6. The molecule has 1 heterocycles. The number of nitro benzene ring substituents is 1. The quantitative estimate of drug-likeness (QED) is 0.579. The number of halogens is 1. The molecule has 0 radical (unpaired) electrons. The van der Waals surface area contributed by atoms with Crippen LogP contribution in [0.15, 0.2) is 36.4 Å². The van der Waals surface area contributed by atoms with Crippen LogP contribution in [-0.4, -0.2) is 29.8 Å². The Kier molecular flexibility index (Phi) is 5.79. The predicted octanol–water partition coefficient (Wildman–Crippen LogP) is 4.06. The van der Waals surface area contributed by atoms with Crippen molar-refractivity contribution >= 4 is 46.2 Å². The molecule has 2 aromatic carbocycles. The normalized spacial score (nSPS) is 13.3. The Hall–Kier alpha value is -3.13. The zero-order chi connectivity index (χ0) is 20.3. The summed E-state index contributed by atoms with van der Waals surface area (Å²) in [4.78, 5) is 37.0. The molecule has 3 rings (SSSR count). The van der Waals surface area contributed by atoms with Crippen molar-refractivity contribution in [1.82, 2.24) is 0 Å². The van der Waals surface area contributed by atoms with Gasteiger partial charge in [-0.2, -0.15) is 0 Å². The van der Waals surface area contributed by atoms with Gasteiger partial charge >= 0.3 is 0 Å². The van der Waals surface area contributed by atoms with Crippen molar-refractivity contribution in [2.45, 2.75) is 19.8 Å². The van der Waals surface area contributed by atoms with Gasteiger partial charge in [-0.25, -0.2) is 0 Å². The van der Waals surface area contributed by atoms with Crippen LogP contribution in [0, 0.1) is 10.1 Å². The Morgan fingerprint density at radius 2 is 1.79 bits per heavy atom. The van der Waals surface area contributed by atoms with E-state index in [2.05, 4.69) is 10.6 Å². The van der Waals surface area contributed by atoms with Crippen LogP contribution in [0.4, 0.5) is 22.7 Å². The van der Waals surface area contributed by atoms with Crippen molar-refractivity contribution in [1.29, 1.82) is 0 Å². The summed E-state index contributed by atoms with van der Waals surface area (Å²) in [6.07, 6.45) is 1.97. The second kappa shape index (κ2) is 8.26. The highest BCUT2D eigenvalue weighted by atomic mass is 35.5. The highest BCUT2D eigenvalue weighted by molar-refractivity contribution is 6.31. The van der Waals surface area contributed by atoms with Crippen molar-refractivity contribution in [3.05, 3.63) is 57.1 Å². The van der Waals surface area contributed by atoms with E-state index in [1.54, 1.807) is 24.3 Å². The Morgan fingerprint density at radius 3 is 2.43 bits per heavy atom. The minimum Gasteiger partial charge on any atom is -0.366 e. The number of anilines is 3. The molecule has 8 nitrogen and oxygen atoms in total. The van der Waals surface area contributed by atoms with Crippen molar-refractivity contribution in [3.63, 3.8) is 0 Å². The smallest absolute Gasteiger partial charge is 0.293 e. The lowest BCUT2D eigenvalue weighted by Crippen LogP contribution is -2.20. The largest absolute Gasteiger partial charge is 0.366 e. The number of hydrogen-bond acceptors (Lipinski definition) is 5. The number of carbonyl (C=O) groups excluding carboxylic acids is 2. The molecule has 1 aliphatic rings. The lowest BCUT2D eigenvalue weighted by molar-refractivity contribution is -0.384. The minimum atomic E-state index is -0.537. The van der Waals surface area contributed by atoms with Crippen molar-refractivity contribution in [2.75, 3.05) is 28.6 Å². The van der Waals surface area contributed by atoms with Gasteiger partial charge in [0, 0.05) is 36.7 Å². The summed E-state index contributed by atoms with van der Waals surface area (Å²) in [5, 5.41) is 17.1. The number of nitrogens with zero attached hydrogens (tertiary/aromatic N) is 2. The van der Waals surface area contributed by atoms with Crippen molar-refractivity contribution in [2.24, 2.45) is 0 Å². The van der Waals surface area contributed by atoms with Gasteiger partial charge in [-0.1, -0.05) is 11.6 Å². The molecule has 28 heavy (non-hydrogen) atoms. The van der Waals surface area contributed by atoms with Crippen LogP contribution in [0.25, 0.3) is 0 Å². The van der Waals surface area contributed by atoms with E-state index in [0.717, 1.165) is 25.9 Å². The summed E-state index contributed by atoms with van der Waals surface area (Å²) in [5.41, 5.74) is 1.24. The van der Waals surface area contributed by atoms with Crippen LogP contribution in [0.1, 0.15) is 30.1 Å². The lowest BCUT2D eigenvalue weighted by Gasteiger charge is -2.18. The maximum Gasteiger partial charge on any atom is 0.293 e. The van der Waals surface area contributed by atoms with E-state index in [1.807, 2.05) is 4.90 Å². The molecular weight excluding hydrogens is 384 g/mol. The number of nitro groups is 1. The zero-order valence-corrected chi connectivity index (χ0v) is 16.0. The summed E-state index contributed by atoms with van der Waals surface area (Å²) in [6.45, 7) is 2.87. The van der Waals surface area contributed by atoms with Gasteiger partial charge in [-0.05, 0) is 43.2 Å². The van der Waals surface area contributed by atoms with Crippen LogP contribution >= 0.6 is 11.6 Å². The Labute approximate surface area is 166 Å². The van der Waals surface area contributed by atoms with Gasteiger partial charge in [0.25, 0.3) is 11.6 Å². The predicted molar refractivity (Wildman–Crippen MR) is 108 cm³/mol. The molecule has 0 unspecified atom stereocenters. The van der Waals surface area contributed by atoms with Gasteiger partial charge in [0.15, 0.2) is 0 Å². The molecule has 0 spiro atoms. The molecule has 1 aliphatic heterocycles. The summed E-state index contributed by atoms with van der Waals surface area (Å²) < 4.78 is 0. The molecular formula is C19H19ClN4O4. The molecule has 1 saturated heterocycles. The highest BCUT2D eigenvalue weighted by Gasteiger charge is 2.24. The Bertz CT molecular complexity index is 942. The van der Waals surface area contributed by atoms with E-state index < -0.39 is 10.8 Å². The third-order valence-corrected chi connectivity index (χ3v) is 4.66. The first-order valence-corrected chi connectivity index (χ1v) is 9.15. The fraction of sp³-hybridized carbons (Fsp3) is 0.263. The van der Waals surface area contributed by atoms with Gasteiger partial charge in [-0.15, -0.1) is 0 Å². The SMILES string of the molecule is CC(=O)Nc1ccc(Cl)cc1NC(=O)c1ccc(N2CCCC2)c([N+](=O)[O-])c1. The van der Waals surface area contributed by atoms with E-state index in [1.165, 1.54) is 19.1 Å². The summed E-state index contributed by atoms with van der Waals surface area (Å²) in [7, 11) is 0. The van der Waals surface area contributed by atoms with Gasteiger partial charge in [0.2, 0.25) is 5.91 Å². The third kappa shape index (κ3) is 4.40. The molecule has 2 amide bonds. The van der Waals surface area contributed by atoms with E-state index in [9.17, 15) is 19.7 Å². The number of carbonyl (C=O) groups is 2.